The number of hydrogen-bond donors (Lipinski definition) is 2. The van der Waals surface area contributed by atoms with Crippen molar-refractivity contribution >= 4 is 15.9 Å². The molecule has 1 aliphatic carbocycles. The Balaban J connectivity index is 2.57. The molecule has 2 nitrogen and oxygen atoms in total. The average molecular weight is 313 g/mol. The fraction of sp³-hybridized carbons (Fsp3) is 0.600. The Morgan fingerprint density at radius 3 is 2.56 bits per heavy atom. The second-order valence-corrected chi connectivity index (χ2v) is 6.62. The first-order chi connectivity index (χ1) is 8.47. The summed E-state index contributed by atoms with van der Waals surface area (Å²) in [5.41, 5.74) is 3.02. The highest BCUT2D eigenvalue weighted by atomic mass is 79.9. The van der Waals surface area contributed by atoms with Gasteiger partial charge in [-0.15, -0.1) is 0 Å². The lowest BCUT2D eigenvalue weighted by molar-refractivity contribution is 0.215. The summed E-state index contributed by atoms with van der Waals surface area (Å²) in [5, 5.41) is 19.9. The van der Waals surface area contributed by atoms with E-state index >= 15 is 0 Å². The van der Waals surface area contributed by atoms with Gasteiger partial charge in [-0.3, -0.25) is 0 Å². The van der Waals surface area contributed by atoms with Crippen LogP contribution in [0.1, 0.15) is 49.8 Å². The maximum atomic E-state index is 10.4. The molecule has 1 aromatic carbocycles. The van der Waals surface area contributed by atoms with E-state index in [2.05, 4.69) is 22.0 Å². The van der Waals surface area contributed by atoms with Gasteiger partial charge in [-0.05, 0) is 52.7 Å². The van der Waals surface area contributed by atoms with Crippen LogP contribution in [0.3, 0.4) is 0 Å². The topological polar surface area (TPSA) is 40.5 Å². The van der Waals surface area contributed by atoms with Crippen LogP contribution in [0, 0.1) is 0 Å². The van der Waals surface area contributed by atoms with Gasteiger partial charge in [-0.25, -0.2) is 0 Å². The van der Waals surface area contributed by atoms with Gasteiger partial charge in [0.15, 0.2) is 0 Å². The molecule has 0 aliphatic heterocycles. The minimum atomic E-state index is -0.409. The average Bonchev–Trinajstić information content (AvgIpc) is 2.58. The zero-order chi connectivity index (χ0) is 13.3. The normalized spacial score (nSPS) is 16.2. The van der Waals surface area contributed by atoms with Crippen LogP contribution in [0.4, 0.5) is 0 Å². The van der Waals surface area contributed by atoms with Gasteiger partial charge in [-0.1, -0.05) is 26.3 Å². The highest BCUT2D eigenvalue weighted by molar-refractivity contribution is 9.10. The van der Waals surface area contributed by atoms with E-state index in [4.69, 9.17) is 0 Å². The standard InChI is InChI=1S/C15H21BrO2/c1-15(2,9-17)12-8-10-6-4-3-5-7-11(10)13(16)14(12)18/h8,17-18H,3-7,9H2,1-2H3. The second-order valence-electron chi connectivity index (χ2n) is 5.83. The SMILES string of the molecule is CC(C)(CO)c1cc2c(c(Br)c1O)CCCCC2. The maximum Gasteiger partial charge on any atom is 0.133 e. The summed E-state index contributed by atoms with van der Waals surface area (Å²) in [6.45, 7) is 3.95. The van der Waals surface area contributed by atoms with Gasteiger partial charge in [0, 0.05) is 11.0 Å². The number of aromatic hydroxyl groups is 1. The van der Waals surface area contributed by atoms with Gasteiger partial charge >= 0.3 is 0 Å². The van der Waals surface area contributed by atoms with Crippen LogP contribution in [0.25, 0.3) is 0 Å². The number of halogens is 1. The van der Waals surface area contributed by atoms with Crippen LogP contribution in [0.5, 0.6) is 5.75 Å². The third kappa shape index (κ3) is 2.43. The summed E-state index contributed by atoms with van der Waals surface area (Å²) >= 11 is 3.54. The van der Waals surface area contributed by atoms with E-state index in [1.165, 1.54) is 30.4 Å². The molecule has 1 aromatic rings. The lowest BCUT2D eigenvalue weighted by Crippen LogP contribution is -2.23. The van der Waals surface area contributed by atoms with Crippen LogP contribution in [-0.4, -0.2) is 16.8 Å². The van der Waals surface area contributed by atoms with Gasteiger partial charge in [0.25, 0.3) is 0 Å². The Morgan fingerprint density at radius 2 is 1.89 bits per heavy atom. The van der Waals surface area contributed by atoms with Gasteiger partial charge in [0.1, 0.15) is 5.75 Å². The molecule has 100 valence electrons. The van der Waals surface area contributed by atoms with E-state index in [0.717, 1.165) is 22.9 Å². The fourth-order valence-electron chi connectivity index (χ4n) is 2.62. The number of aryl methyl sites for hydroxylation is 1. The van der Waals surface area contributed by atoms with E-state index < -0.39 is 5.41 Å². The lowest BCUT2D eigenvalue weighted by Gasteiger charge is -2.26. The van der Waals surface area contributed by atoms with Gasteiger partial charge in [-0.2, -0.15) is 0 Å². The van der Waals surface area contributed by atoms with Crippen molar-refractivity contribution in [2.24, 2.45) is 0 Å². The van der Waals surface area contributed by atoms with E-state index in [-0.39, 0.29) is 6.61 Å². The van der Waals surface area contributed by atoms with Crippen molar-refractivity contribution in [3.05, 3.63) is 27.2 Å². The first-order valence-corrected chi connectivity index (χ1v) is 7.41. The number of fused-ring (bicyclic) bond motifs is 1. The fourth-order valence-corrected chi connectivity index (χ4v) is 3.29. The van der Waals surface area contributed by atoms with Crippen LogP contribution in [0.2, 0.25) is 0 Å². The summed E-state index contributed by atoms with van der Waals surface area (Å²) < 4.78 is 0.832. The Kier molecular flexibility index (Phi) is 4.02. The van der Waals surface area contributed by atoms with E-state index in [1.807, 2.05) is 13.8 Å². The van der Waals surface area contributed by atoms with E-state index in [1.54, 1.807) is 0 Å². The molecule has 0 aromatic heterocycles. The van der Waals surface area contributed by atoms with Crippen molar-refractivity contribution in [2.75, 3.05) is 6.61 Å². The number of aliphatic hydroxyl groups is 1. The van der Waals surface area contributed by atoms with Crippen molar-refractivity contribution in [3.63, 3.8) is 0 Å². The molecule has 3 heteroatoms. The molecular weight excluding hydrogens is 292 g/mol. The highest BCUT2D eigenvalue weighted by Crippen LogP contribution is 2.41. The largest absolute Gasteiger partial charge is 0.506 e. The second kappa shape index (κ2) is 5.22. The molecule has 0 radical (unpaired) electrons. The molecule has 0 bridgehead atoms. The molecule has 0 heterocycles. The van der Waals surface area contributed by atoms with Crippen LogP contribution in [-0.2, 0) is 18.3 Å². The van der Waals surface area contributed by atoms with Crippen LogP contribution < -0.4 is 0 Å². The summed E-state index contributed by atoms with van der Waals surface area (Å²) in [7, 11) is 0. The summed E-state index contributed by atoms with van der Waals surface area (Å²) in [6.07, 6.45) is 5.75. The maximum absolute atomic E-state index is 10.4. The van der Waals surface area contributed by atoms with Crippen LogP contribution >= 0.6 is 15.9 Å². The van der Waals surface area contributed by atoms with Crippen molar-refractivity contribution in [2.45, 2.75) is 51.4 Å². The zero-order valence-corrected chi connectivity index (χ0v) is 12.7. The van der Waals surface area contributed by atoms with Gasteiger partial charge in [0.2, 0.25) is 0 Å². The highest BCUT2D eigenvalue weighted by Gasteiger charge is 2.27. The number of aliphatic hydroxyl groups excluding tert-OH is 1. The van der Waals surface area contributed by atoms with Crippen molar-refractivity contribution < 1.29 is 10.2 Å². The number of hydrogen-bond acceptors (Lipinski definition) is 2. The molecule has 1 aliphatic rings. The number of rotatable bonds is 2. The Morgan fingerprint density at radius 1 is 1.22 bits per heavy atom. The first kappa shape index (κ1) is 13.9. The zero-order valence-electron chi connectivity index (χ0n) is 11.1. The molecule has 0 saturated carbocycles. The first-order valence-electron chi connectivity index (χ1n) is 6.62. The third-order valence-electron chi connectivity index (χ3n) is 3.93. The van der Waals surface area contributed by atoms with E-state index in [9.17, 15) is 10.2 Å². The molecule has 2 N–H and O–H groups in total. The number of phenols is 1. The summed E-state index contributed by atoms with van der Waals surface area (Å²) in [4.78, 5) is 0. The predicted octanol–water partition coefficient (Wildman–Crippen LogP) is 3.69. The van der Waals surface area contributed by atoms with Crippen molar-refractivity contribution in [1.29, 1.82) is 0 Å². The molecule has 0 spiro atoms. The molecule has 0 atom stereocenters. The number of phenolic OH excluding ortho intramolecular Hbond substituents is 1. The van der Waals surface area contributed by atoms with Crippen molar-refractivity contribution in [1.82, 2.24) is 0 Å². The Labute approximate surface area is 117 Å². The minimum Gasteiger partial charge on any atom is -0.506 e. The molecule has 0 saturated heterocycles. The predicted molar refractivity (Wildman–Crippen MR) is 77.2 cm³/mol. The van der Waals surface area contributed by atoms with Crippen molar-refractivity contribution in [3.8, 4) is 5.75 Å². The molecule has 2 rings (SSSR count). The van der Waals surface area contributed by atoms with Crippen LogP contribution in [0.15, 0.2) is 10.5 Å². The minimum absolute atomic E-state index is 0.0335. The third-order valence-corrected chi connectivity index (χ3v) is 4.79. The van der Waals surface area contributed by atoms with E-state index in [0.29, 0.717) is 5.75 Å². The molecule has 18 heavy (non-hydrogen) atoms. The molecule has 0 unspecified atom stereocenters. The Bertz CT molecular complexity index is 452. The van der Waals surface area contributed by atoms with Gasteiger partial charge < -0.3 is 10.2 Å². The summed E-state index contributed by atoms with van der Waals surface area (Å²) in [5.74, 6) is 0.301. The number of benzene rings is 1. The lowest BCUT2D eigenvalue weighted by atomic mass is 9.82. The molecule has 0 amide bonds. The monoisotopic (exact) mass is 312 g/mol. The molecule has 0 fully saturated rings. The quantitative estimate of drug-likeness (QED) is 0.818. The smallest absolute Gasteiger partial charge is 0.133 e. The molecular formula is C15H21BrO2. The van der Waals surface area contributed by atoms with Gasteiger partial charge in [0.05, 0.1) is 11.1 Å². The summed E-state index contributed by atoms with van der Waals surface area (Å²) in [6, 6.07) is 2.09. The Hall–Kier alpha value is -0.540.